The maximum Gasteiger partial charge on any atom is 0.326 e. The molecule has 1 aromatic rings. The summed E-state index contributed by atoms with van der Waals surface area (Å²) in [6, 6.07) is -2.07. The van der Waals surface area contributed by atoms with Crippen LogP contribution in [-0.2, 0) is 9.59 Å². The van der Waals surface area contributed by atoms with E-state index < -0.39 is 35.8 Å². The van der Waals surface area contributed by atoms with Crippen LogP contribution >= 0.6 is 0 Å². The van der Waals surface area contributed by atoms with Crippen molar-refractivity contribution in [3.05, 3.63) is 23.8 Å². The molecule has 2 unspecified atom stereocenters. The summed E-state index contributed by atoms with van der Waals surface area (Å²) in [5.74, 6) is -3.35. The molecule has 6 aliphatic rings. The largest absolute Gasteiger partial charge is 0.480 e. The third-order valence-corrected chi connectivity index (χ3v) is 8.49. The normalized spacial score (nSPS) is 32.3. The van der Waals surface area contributed by atoms with Gasteiger partial charge in [-0.05, 0) is 63.7 Å². The highest BCUT2D eigenvalue weighted by atomic mass is 16.4. The quantitative estimate of drug-likeness (QED) is 0.366. The van der Waals surface area contributed by atoms with Crippen LogP contribution in [0.3, 0.4) is 0 Å². The Morgan fingerprint density at radius 2 is 1.08 bits per heavy atom. The van der Waals surface area contributed by atoms with Gasteiger partial charge in [0.05, 0.1) is 12.4 Å². The van der Waals surface area contributed by atoms with Gasteiger partial charge < -0.3 is 30.6 Å². The lowest BCUT2D eigenvalue weighted by Gasteiger charge is -2.46. The molecular formula is C24H32N6O6. The van der Waals surface area contributed by atoms with Crippen LogP contribution in [0.15, 0.2) is 12.4 Å². The monoisotopic (exact) mass is 500 g/mol. The summed E-state index contributed by atoms with van der Waals surface area (Å²) in [5.41, 5.74) is -0.211. The standard InChI is InChI=1S/C24H32N6O6/c31-21(27-19(23(33)34)15-11-29-5-1-13(15)2-6-29)17-9-26-18(10-25-17)22(32)28-20(24(35)36)16-12-30-7-3-14(16)4-8-30/h9-10,13-16,19-20H,1-8,11-12H2,(H,27,31)(H,28,32)(H,33,34)(H,35,36)/t15-,16-,19?,20?/m0/s1. The van der Waals surface area contributed by atoms with Gasteiger partial charge in [-0.15, -0.1) is 0 Å². The number of aliphatic carboxylic acids is 2. The molecule has 7 heterocycles. The Labute approximate surface area is 208 Å². The Morgan fingerprint density at radius 1 is 0.722 bits per heavy atom. The third-order valence-electron chi connectivity index (χ3n) is 8.49. The highest BCUT2D eigenvalue weighted by Crippen LogP contribution is 2.35. The van der Waals surface area contributed by atoms with Crippen LogP contribution in [0.5, 0.6) is 0 Å². The maximum atomic E-state index is 12.8. The number of carbonyl (C=O) groups excluding carboxylic acids is 2. The van der Waals surface area contributed by atoms with Crippen LogP contribution < -0.4 is 10.6 Å². The zero-order valence-corrected chi connectivity index (χ0v) is 20.0. The predicted octanol–water partition coefficient (Wildman–Crippen LogP) is -0.474. The molecule has 0 aliphatic carbocycles. The van der Waals surface area contributed by atoms with Crippen LogP contribution in [0.1, 0.15) is 46.7 Å². The molecule has 6 aliphatic heterocycles. The highest BCUT2D eigenvalue weighted by molar-refractivity contribution is 5.97. The van der Waals surface area contributed by atoms with Crippen molar-refractivity contribution in [3.63, 3.8) is 0 Å². The van der Waals surface area contributed by atoms with Crippen LogP contribution in [0.25, 0.3) is 0 Å². The summed E-state index contributed by atoms with van der Waals surface area (Å²) in [5, 5.41) is 24.7. The van der Waals surface area contributed by atoms with Gasteiger partial charge >= 0.3 is 11.9 Å². The number of fused-ring (bicyclic) bond motifs is 6. The lowest BCUT2D eigenvalue weighted by Crippen LogP contribution is -2.58. The highest BCUT2D eigenvalue weighted by Gasteiger charge is 2.43. The summed E-state index contributed by atoms with van der Waals surface area (Å²) in [7, 11) is 0. The molecule has 4 atom stereocenters. The molecule has 12 nitrogen and oxygen atoms in total. The van der Waals surface area contributed by atoms with Gasteiger partial charge in [0.1, 0.15) is 23.5 Å². The smallest absolute Gasteiger partial charge is 0.326 e. The molecule has 12 heteroatoms. The van der Waals surface area contributed by atoms with Gasteiger partial charge in [0.25, 0.3) is 11.8 Å². The maximum absolute atomic E-state index is 12.8. The number of nitrogens with zero attached hydrogens (tertiary/aromatic N) is 4. The van der Waals surface area contributed by atoms with Gasteiger partial charge in [-0.25, -0.2) is 19.6 Å². The van der Waals surface area contributed by atoms with Crippen molar-refractivity contribution in [2.45, 2.75) is 37.8 Å². The second-order valence-corrected chi connectivity index (χ2v) is 10.5. The Kier molecular flexibility index (Phi) is 6.89. The van der Waals surface area contributed by atoms with Gasteiger partial charge in [0.2, 0.25) is 0 Å². The number of rotatable bonds is 8. The predicted molar refractivity (Wildman–Crippen MR) is 125 cm³/mol. The number of carboxylic acid groups (broad SMARTS) is 2. The summed E-state index contributed by atoms with van der Waals surface area (Å²) in [6.45, 7) is 5.10. The van der Waals surface area contributed by atoms with Crippen molar-refractivity contribution < 1.29 is 29.4 Å². The fourth-order valence-electron chi connectivity index (χ4n) is 6.47. The molecule has 0 spiro atoms. The van der Waals surface area contributed by atoms with Gasteiger partial charge in [-0.1, -0.05) is 0 Å². The number of amides is 2. The topological polar surface area (TPSA) is 165 Å². The fourth-order valence-corrected chi connectivity index (χ4v) is 6.47. The SMILES string of the molecule is O=C(NC(C(=O)O)[C@H]1CN2CCC1CC2)c1cnc(C(=O)NC(C(=O)O)[C@H]2CN3CCC2CC3)cn1. The van der Waals surface area contributed by atoms with Crippen molar-refractivity contribution in [1.82, 2.24) is 30.4 Å². The summed E-state index contributed by atoms with van der Waals surface area (Å²) in [6.07, 6.45) is 5.92. The molecule has 1 aromatic heterocycles. The number of hydrogen-bond donors (Lipinski definition) is 4. The number of nitrogens with one attached hydrogen (secondary N) is 2. The Morgan fingerprint density at radius 3 is 1.33 bits per heavy atom. The first kappa shape index (κ1) is 24.6. The number of hydrogen-bond acceptors (Lipinski definition) is 8. The molecule has 2 amide bonds. The molecular weight excluding hydrogens is 468 g/mol. The van der Waals surface area contributed by atoms with Gasteiger partial charge in [-0.2, -0.15) is 0 Å². The Balaban J connectivity index is 1.22. The average molecular weight is 501 g/mol. The van der Waals surface area contributed by atoms with Crippen molar-refractivity contribution in [2.75, 3.05) is 39.3 Å². The van der Waals surface area contributed by atoms with Gasteiger partial charge in [-0.3, -0.25) is 9.59 Å². The first-order valence-electron chi connectivity index (χ1n) is 12.6. The number of carbonyl (C=O) groups is 4. The summed E-state index contributed by atoms with van der Waals surface area (Å²) in [4.78, 5) is 61.9. The minimum atomic E-state index is -1.08. The second-order valence-electron chi connectivity index (χ2n) is 10.5. The molecule has 36 heavy (non-hydrogen) atoms. The molecule has 0 radical (unpaired) electrons. The fraction of sp³-hybridized carbons (Fsp3) is 0.667. The molecule has 0 saturated carbocycles. The van der Waals surface area contributed by atoms with Crippen molar-refractivity contribution in [3.8, 4) is 0 Å². The van der Waals surface area contributed by atoms with Crippen molar-refractivity contribution >= 4 is 23.8 Å². The minimum absolute atomic E-state index is 0.105. The van der Waals surface area contributed by atoms with Crippen LogP contribution in [0.4, 0.5) is 0 Å². The summed E-state index contributed by atoms with van der Waals surface area (Å²) >= 11 is 0. The Hall–Kier alpha value is -3.12. The molecule has 0 aromatic carbocycles. The molecule has 194 valence electrons. The van der Waals surface area contributed by atoms with Crippen LogP contribution in [0.2, 0.25) is 0 Å². The van der Waals surface area contributed by atoms with E-state index in [1.54, 1.807) is 0 Å². The van der Waals surface area contributed by atoms with E-state index in [9.17, 15) is 29.4 Å². The molecule has 7 rings (SSSR count). The number of carboxylic acids is 2. The molecule has 4 N–H and O–H groups in total. The first-order valence-corrected chi connectivity index (χ1v) is 12.6. The lowest BCUT2D eigenvalue weighted by molar-refractivity contribution is -0.143. The average Bonchev–Trinajstić information content (AvgIpc) is 2.91. The van der Waals surface area contributed by atoms with E-state index in [1.165, 1.54) is 0 Å². The van der Waals surface area contributed by atoms with E-state index in [0.29, 0.717) is 13.1 Å². The van der Waals surface area contributed by atoms with Crippen molar-refractivity contribution in [1.29, 1.82) is 0 Å². The summed E-state index contributed by atoms with van der Waals surface area (Å²) < 4.78 is 0. The minimum Gasteiger partial charge on any atom is -0.480 e. The van der Waals surface area contributed by atoms with Crippen LogP contribution in [0, 0.1) is 23.7 Å². The number of aromatic nitrogens is 2. The van der Waals surface area contributed by atoms with E-state index >= 15 is 0 Å². The van der Waals surface area contributed by atoms with Gasteiger partial charge in [0.15, 0.2) is 0 Å². The zero-order chi connectivity index (χ0) is 25.4. The van der Waals surface area contributed by atoms with Crippen molar-refractivity contribution in [2.24, 2.45) is 23.7 Å². The van der Waals surface area contributed by atoms with E-state index in [0.717, 1.165) is 64.3 Å². The molecule has 6 saturated heterocycles. The van der Waals surface area contributed by atoms with E-state index in [4.69, 9.17) is 0 Å². The Bertz CT molecular complexity index is 937. The lowest BCUT2D eigenvalue weighted by atomic mass is 9.75. The second kappa shape index (κ2) is 10.1. The number of piperidine rings is 6. The van der Waals surface area contributed by atoms with Gasteiger partial charge in [0, 0.05) is 24.9 Å². The van der Waals surface area contributed by atoms with E-state index in [-0.39, 0.29) is 35.1 Å². The molecule has 6 fully saturated rings. The van der Waals surface area contributed by atoms with Crippen LogP contribution in [-0.4, -0.2) is 105 Å². The zero-order valence-electron chi connectivity index (χ0n) is 20.0. The van der Waals surface area contributed by atoms with E-state index in [2.05, 4.69) is 30.4 Å². The van der Waals surface area contributed by atoms with E-state index in [1.807, 2.05) is 0 Å². The third kappa shape index (κ3) is 4.92. The first-order chi connectivity index (χ1) is 17.3. The molecule has 4 bridgehead atoms.